The van der Waals surface area contributed by atoms with Crippen molar-refractivity contribution in [3.63, 3.8) is 0 Å². The first kappa shape index (κ1) is 21.8. The summed E-state index contributed by atoms with van der Waals surface area (Å²) in [5, 5.41) is 10.3. The van der Waals surface area contributed by atoms with Crippen LogP contribution in [0, 0.1) is 0 Å². The lowest BCUT2D eigenvalue weighted by atomic mass is 9.82. The van der Waals surface area contributed by atoms with E-state index in [4.69, 9.17) is 4.74 Å². The Morgan fingerprint density at radius 2 is 1.70 bits per heavy atom. The number of carbonyl (C=O) groups excluding carboxylic acids is 3. The fraction of sp³-hybridized carbons (Fsp3) is 0.400. The molecule has 2 aromatic rings. The van der Waals surface area contributed by atoms with Crippen LogP contribution in [0.1, 0.15) is 27.9 Å². The third-order valence-electron chi connectivity index (χ3n) is 6.96. The Morgan fingerprint density at radius 1 is 1.03 bits per heavy atom. The number of piperazine rings is 1. The number of amides is 2. The number of carbonyl (C=O) groups is 3. The van der Waals surface area contributed by atoms with Gasteiger partial charge in [0.25, 0.3) is 5.91 Å². The van der Waals surface area contributed by atoms with Gasteiger partial charge in [-0.1, -0.05) is 42.5 Å². The van der Waals surface area contributed by atoms with Crippen LogP contribution in [0.5, 0.6) is 0 Å². The minimum Gasteiger partial charge on any atom is -0.465 e. The highest BCUT2D eigenvalue weighted by atomic mass is 16.5. The van der Waals surface area contributed by atoms with Crippen molar-refractivity contribution in [3.05, 3.63) is 71.3 Å². The van der Waals surface area contributed by atoms with Crippen molar-refractivity contribution in [2.75, 3.05) is 26.7 Å². The molecule has 2 amide bonds. The van der Waals surface area contributed by atoms with Gasteiger partial charge in [0, 0.05) is 26.2 Å². The Bertz CT molecular complexity index is 1070. The van der Waals surface area contributed by atoms with Gasteiger partial charge < -0.3 is 9.84 Å². The number of imide groups is 1. The minimum atomic E-state index is -0.795. The molecule has 0 aliphatic carbocycles. The van der Waals surface area contributed by atoms with Crippen molar-refractivity contribution in [2.24, 2.45) is 0 Å². The standard InChI is InChI=1S/C25H27N3O5/c1-33-23(31)19-9-7-18(8-10-19)13-27-22(30)21-11-20(29)14-28(21)25(24(27)32)15-26(16-25)12-17-5-3-2-4-6-17/h2-10,20-21,29H,11-16H2,1H3/t20-,21+/m1/s1. The van der Waals surface area contributed by atoms with Crippen LogP contribution < -0.4 is 0 Å². The number of ether oxygens (including phenoxy) is 1. The molecule has 8 heteroatoms. The number of likely N-dealkylation sites (tertiary alicyclic amines) is 1. The summed E-state index contributed by atoms with van der Waals surface area (Å²) in [5.41, 5.74) is 1.55. The first-order valence-corrected chi connectivity index (χ1v) is 11.2. The Morgan fingerprint density at radius 3 is 2.36 bits per heavy atom. The molecule has 3 fully saturated rings. The van der Waals surface area contributed by atoms with Crippen LogP contribution in [0.15, 0.2) is 54.6 Å². The number of aliphatic hydroxyl groups excluding tert-OH is 1. The summed E-state index contributed by atoms with van der Waals surface area (Å²) in [6.45, 7) is 2.26. The number of benzene rings is 2. The fourth-order valence-corrected chi connectivity index (χ4v) is 5.34. The van der Waals surface area contributed by atoms with Gasteiger partial charge in [0.15, 0.2) is 0 Å². The molecule has 0 saturated carbocycles. The van der Waals surface area contributed by atoms with E-state index in [9.17, 15) is 19.5 Å². The van der Waals surface area contributed by atoms with Crippen molar-refractivity contribution in [1.82, 2.24) is 14.7 Å². The van der Waals surface area contributed by atoms with Crippen LogP contribution in [0.4, 0.5) is 0 Å². The predicted octanol–water partition coefficient (Wildman–Crippen LogP) is 1.03. The second kappa shape index (κ2) is 8.37. The zero-order valence-electron chi connectivity index (χ0n) is 18.5. The molecule has 0 radical (unpaired) electrons. The van der Waals surface area contributed by atoms with Crippen LogP contribution in [0.3, 0.4) is 0 Å². The molecule has 0 bridgehead atoms. The summed E-state index contributed by atoms with van der Waals surface area (Å²) in [4.78, 5) is 44.1. The molecule has 1 N–H and O–H groups in total. The highest BCUT2D eigenvalue weighted by molar-refractivity contribution is 6.06. The number of aliphatic hydroxyl groups is 1. The topological polar surface area (TPSA) is 90.4 Å². The van der Waals surface area contributed by atoms with E-state index in [0.717, 1.165) is 12.1 Å². The third kappa shape index (κ3) is 3.74. The monoisotopic (exact) mass is 449 g/mol. The van der Waals surface area contributed by atoms with Crippen LogP contribution in [0.25, 0.3) is 0 Å². The molecule has 172 valence electrons. The smallest absolute Gasteiger partial charge is 0.337 e. The Labute approximate surface area is 192 Å². The molecule has 2 aromatic carbocycles. The first-order chi connectivity index (χ1) is 15.9. The zero-order valence-corrected chi connectivity index (χ0v) is 18.5. The fourth-order valence-electron chi connectivity index (χ4n) is 5.34. The Hall–Kier alpha value is -3.07. The van der Waals surface area contributed by atoms with E-state index in [-0.39, 0.29) is 18.4 Å². The summed E-state index contributed by atoms with van der Waals surface area (Å²) >= 11 is 0. The first-order valence-electron chi connectivity index (χ1n) is 11.2. The minimum absolute atomic E-state index is 0.139. The lowest BCUT2D eigenvalue weighted by Gasteiger charge is -2.58. The number of rotatable bonds is 5. The van der Waals surface area contributed by atoms with Gasteiger partial charge in [0.05, 0.1) is 31.4 Å². The van der Waals surface area contributed by atoms with E-state index in [1.807, 2.05) is 23.1 Å². The largest absolute Gasteiger partial charge is 0.465 e. The number of hydrogen-bond donors (Lipinski definition) is 1. The summed E-state index contributed by atoms with van der Waals surface area (Å²) < 4.78 is 4.73. The van der Waals surface area contributed by atoms with Gasteiger partial charge in [-0.15, -0.1) is 0 Å². The summed E-state index contributed by atoms with van der Waals surface area (Å²) in [5.74, 6) is -0.908. The Balaban J connectivity index is 1.36. The van der Waals surface area contributed by atoms with Gasteiger partial charge in [-0.05, 0) is 29.7 Å². The Kier molecular flexibility index (Phi) is 5.52. The van der Waals surface area contributed by atoms with Crippen LogP contribution in [-0.2, 0) is 27.4 Å². The molecular weight excluding hydrogens is 422 g/mol. The van der Waals surface area contributed by atoms with E-state index in [2.05, 4.69) is 17.0 Å². The molecule has 33 heavy (non-hydrogen) atoms. The van der Waals surface area contributed by atoms with Crippen molar-refractivity contribution in [1.29, 1.82) is 0 Å². The average Bonchev–Trinajstić information content (AvgIpc) is 3.20. The molecular formula is C25H27N3O5. The number of fused-ring (bicyclic) bond motifs is 2. The molecule has 3 heterocycles. The highest BCUT2D eigenvalue weighted by Crippen LogP contribution is 2.41. The number of methoxy groups -OCH3 is 1. The zero-order chi connectivity index (χ0) is 23.2. The second-order valence-electron chi connectivity index (χ2n) is 9.14. The summed E-state index contributed by atoms with van der Waals surface area (Å²) in [7, 11) is 1.32. The maximum atomic E-state index is 13.7. The molecule has 5 rings (SSSR count). The van der Waals surface area contributed by atoms with Gasteiger partial charge in [-0.25, -0.2) is 4.79 Å². The maximum Gasteiger partial charge on any atom is 0.337 e. The average molecular weight is 450 g/mol. The molecule has 3 aliphatic rings. The molecule has 2 atom stereocenters. The second-order valence-corrected chi connectivity index (χ2v) is 9.14. The normalized spacial score (nSPS) is 24.6. The van der Waals surface area contributed by atoms with Crippen molar-refractivity contribution in [2.45, 2.75) is 37.2 Å². The molecule has 8 nitrogen and oxygen atoms in total. The van der Waals surface area contributed by atoms with Crippen LogP contribution in [0.2, 0.25) is 0 Å². The van der Waals surface area contributed by atoms with Crippen LogP contribution >= 0.6 is 0 Å². The van der Waals surface area contributed by atoms with Gasteiger partial charge in [-0.3, -0.25) is 24.3 Å². The summed E-state index contributed by atoms with van der Waals surface area (Å²) in [6.07, 6.45) is -0.282. The van der Waals surface area contributed by atoms with E-state index in [1.54, 1.807) is 24.3 Å². The van der Waals surface area contributed by atoms with Crippen LogP contribution in [-0.4, -0.2) is 82.0 Å². The lowest BCUT2D eigenvalue weighted by molar-refractivity contribution is -0.181. The van der Waals surface area contributed by atoms with E-state index >= 15 is 0 Å². The van der Waals surface area contributed by atoms with E-state index in [1.165, 1.54) is 17.6 Å². The molecule has 0 aromatic heterocycles. The number of esters is 1. The van der Waals surface area contributed by atoms with Gasteiger partial charge in [0.1, 0.15) is 5.54 Å². The molecule has 3 aliphatic heterocycles. The van der Waals surface area contributed by atoms with Crippen molar-refractivity contribution >= 4 is 17.8 Å². The number of nitrogens with zero attached hydrogens (tertiary/aromatic N) is 3. The lowest BCUT2D eigenvalue weighted by Crippen LogP contribution is -2.81. The van der Waals surface area contributed by atoms with Gasteiger partial charge >= 0.3 is 5.97 Å². The van der Waals surface area contributed by atoms with E-state index < -0.39 is 23.7 Å². The SMILES string of the molecule is COC(=O)c1ccc(CN2C(=O)[C@@H]3C[C@@H](O)CN3C3(CN(Cc4ccccc4)C3)C2=O)cc1. The summed E-state index contributed by atoms with van der Waals surface area (Å²) in [6, 6.07) is 16.3. The maximum absolute atomic E-state index is 13.7. The predicted molar refractivity (Wildman–Crippen MR) is 119 cm³/mol. The number of β-amino-alcohol motifs (C(OH)–C–C–N with tert-alkyl or cyclic N) is 1. The van der Waals surface area contributed by atoms with E-state index in [0.29, 0.717) is 31.6 Å². The quantitative estimate of drug-likeness (QED) is 0.539. The van der Waals surface area contributed by atoms with Gasteiger partial charge in [-0.2, -0.15) is 0 Å². The molecule has 3 saturated heterocycles. The molecule has 0 unspecified atom stereocenters. The van der Waals surface area contributed by atoms with Gasteiger partial charge in [0.2, 0.25) is 5.91 Å². The molecule has 1 spiro atoms. The highest BCUT2D eigenvalue weighted by Gasteiger charge is 2.64. The van der Waals surface area contributed by atoms with Crippen molar-refractivity contribution in [3.8, 4) is 0 Å². The van der Waals surface area contributed by atoms with Crippen molar-refractivity contribution < 1.29 is 24.2 Å². The third-order valence-corrected chi connectivity index (χ3v) is 6.96. The number of hydrogen-bond acceptors (Lipinski definition) is 7.